The fraction of sp³-hybridized carbons (Fsp3) is 0.606. The number of aryl methyl sites for hydroxylation is 1. The third kappa shape index (κ3) is 6.24. The molecule has 0 aromatic heterocycles. The van der Waals surface area contributed by atoms with Crippen LogP contribution in [0.2, 0.25) is 0 Å². The first-order valence-electron chi connectivity index (χ1n) is 15.2. The van der Waals surface area contributed by atoms with Crippen molar-refractivity contribution in [1.82, 2.24) is 9.80 Å². The van der Waals surface area contributed by atoms with Crippen molar-refractivity contribution >= 4 is 5.91 Å². The summed E-state index contributed by atoms with van der Waals surface area (Å²) in [5.41, 5.74) is 1.60. The summed E-state index contributed by atoms with van der Waals surface area (Å²) in [5.74, 6) is -0.102. The van der Waals surface area contributed by atoms with E-state index in [2.05, 4.69) is 19.1 Å². The first-order valence-corrected chi connectivity index (χ1v) is 15.2. The Bertz CT molecular complexity index is 1150. The van der Waals surface area contributed by atoms with Crippen LogP contribution < -0.4 is 0 Å². The summed E-state index contributed by atoms with van der Waals surface area (Å²) in [6, 6.07) is 13.3. The monoisotopic (exact) mass is 558 g/mol. The minimum atomic E-state index is -4.08. The van der Waals surface area contributed by atoms with Crippen LogP contribution >= 0.6 is 0 Å². The molecule has 1 saturated carbocycles. The van der Waals surface area contributed by atoms with Gasteiger partial charge >= 0.3 is 6.18 Å². The van der Waals surface area contributed by atoms with Gasteiger partial charge in [-0.25, -0.2) is 4.39 Å². The summed E-state index contributed by atoms with van der Waals surface area (Å²) in [4.78, 5) is 16.8. The summed E-state index contributed by atoms with van der Waals surface area (Å²) in [6.07, 6.45) is 5.09. The molecular weight excluding hydrogens is 516 g/mol. The van der Waals surface area contributed by atoms with Crippen molar-refractivity contribution in [3.05, 3.63) is 59.4 Å². The molecule has 0 radical (unpaired) electrons. The van der Waals surface area contributed by atoms with Gasteiger partial charge in [0.15, 0.2) is 0 Å². The largest absolute Gasteiger partial charge is 0.395 e. The van der Waals surface area contributed by atoms with Crippen molar-refractivity contribution in [1.29, 1.82) is 0 Å². The summed E-state index contributed by atoms with van der Waals surface area (Å²) in [6.45, 7) is 4.49. The Labute approximate surface area is 235 Å². The van der Waals surface area contributed by atoms with Gasteiger partial charge in [-0.2, -0.15) is 13.2 Å². The third-order valence-electron chi connectivity index (χ3n) is 9.82. The van der Waals surface area contributed by atoms with E-state index < -0.39 is 17.4 Å². The van der Waals surface area contributed by atoms with Gasteiger partial charge in [-0.3, -0.25) is 4.79 Å². The van der Waals surface area contributed by atoms with E-state index in [-0.39, 0.29) is 36.9 Å². The molecule has 2 aliphatic heterocycles. The van der Waals surface area contributed by atoms with E-state index in [1.165, 1.54) is 11.6 Å². The Morgan fingerprint density at radius 1 is 0.950 bits per heavy atom. The summed E-state index contributed by atoms with van der Waals surface area (Å²) < 4.78 is 55.5. The number of benzene rings is 2. The third-order valence-corrected chi connectivity index (χ3v) is 9.82. The molecule has 3 aliphatic rings. The van der Waals surface area contributed by atoms with Gasteiger partial charge in [-0.05, 0) is 106 Å². The summed E-state index contributed by atoms with van der Waals surface area (Å²) in [7, 11) is 0. The average Bonchev–Trinajstić information content (AvgIpc) is 3.40. The lowest BCUT2D eigenvalue weighted by Gasteiger charge is -2.47. The van der Waals surface area contributed by atoms with Gasteiger partial charge < -0.3 is 9.80 Å². The molecular formula is C33H42F4N2O. The van der Waals surface area contributed by atoms with Crippen molar-refractivity contribution in [3.8, 4) is 11.1 Å². The van der Waals surface area contributed by atoms with Crippen molar-refractivity contribution < 1.29 is 22.4 Å². The van der Waals surface area contributed by atoms with Gasteiger partial charge in [0.25, 0.3) is 5.91 Å². The molecule has 1 aliphatic carbocycles. The van der Waals surface area contributed by atoms with Gasteiger partial charge in [0.2, 0.25) is 0 Å². The van der Waals surface area contributed by atoms with E-state index >= 15 is 0 Å². The molecule has 2 heterocycles. The van der Waals surface area contributed by atoms with Crippen LogP contribution in [0.15, 0.2) is 42.5 Å². The smallest absolute Gasteiger partial charge is 0.336 e. The van der Waals surface area contributed by atoms with E-state index in [1.807, 2.05) is 28.0 Å². The van der Waals surface area contributed by atoms with Gasteiger partial charge in [0.05, 0.1) is 11.0 Å². The van der Waals surface area contributed by atoms with Crippen LogP contribution in [0, 0.1) is 17.2 Å². The van der Waals surface area contributed by atoms with Crippen LogP contribution in [-0.2, 0) is 6.42 Å². The lowest BCUT2D eigenvalue weighted by molar-refractivity contribution is -0.256. The molecule has 1 atom stereocenters. The van der Waals surface area contributed by atoms with Crippen LogP contribution in [-0.4, -0.2) is 54.1 Å². The second-order valence-electron chi connectivity index (χ2n) is 12.3. The first kappa shape index (κ1) is 29.1. The fourth-order valence-corrected chi connectivity index (χ4v) is 7.01. The van der Waals surface area contributed by atoms with E-state index in [0.717, 1.165) is 75.6 Å². The van der Waals surface area contributed by atoms with Gasteiger partial charge in [-0.15, -0.1) is 0 Å². The Hall–Kier alpha value is -2.41. The standard InChI is InChI=1S/C33H42F4N2O/c1-2-28-8-4-19-39(28)31(40)29-14-13-27(22-30(29)34)26-11-9-24(10-12-26)6-3-7-25-15-20-38(21-16-25)23-32(17-5-18-32)33(35,36)37/h9-14,22,25,28H,2-8,15-21,23H2,1H3. The Morgan fingerprint density at radius 2 is 1.65 bits per heavy atom. The number of hydrogen-bond acceptors (Lipinski definition) is 2. The summed E-state index contributed by atoms with van der Waals surface area (Å²) in [5, 5.41) is 0. The Morgan fingerprint density at radius 3 is 2.25 bits per heavy atom. The zero-order valence-electron chi connectivity index (χ0n) is 23.6. The molecule has 5 rings (SSSR count). The number of carbonyl (C=O) groups is 1. The highest BCUT2D eigenvalue weighted by Gasteiger charge is 2.58. The maximum absolute atomic E-state index is 15.0. The average molecular weight is 559 g/mol. The second kappa shape index (κ2) is 12.2. The number of halogens is 4. The molecule has 40 heavy (non-hydrogen) atoms. The van der Waals surface area contributed by atoms with Gasteiger partial charge in [0.1, 0.15) is 5.82 Å². The molecule has 2 aromatic rings. The molecule has 7 heteroatoms. The SMILES string of the molecule is CCC1CCCN1C(=O)c1ccc(-c2ccc(CCCC3CCN(CC4(C(F)(F)F)CCC4)CC3)cc2)cc1F. The Balaban J connectivity index is 1.08. The first-order chi connectivity index (χ1) is 19.2. The van der Waals surface area contributed by atoms with Crippen molar-refractivity contribution in [2.24, 2.45) is 11.3 Å². The minimum Gasteiger partial charge on any atom is -0.336 e. The predicted octanol–water partition coefficient (Wildman–Crippen LogP) is 8.27. The molecule has 218 valence electrons. The number of piperidine rings is 1. The lowest BCUT2D eigenvalue weighted by Crippen LogP contribution is -2.53. The van der Waals surface area contributed by atoms with Crippen LogP contribution in [0.4, 0.5) is 17.6 Å². The van der Waals surface area contributed by atoms with E-state index in [9.17, 15) is 22.4 Å². The molecule has 1 unspecified atom stereocenters. The van der Waals surface area contributed by atoms with Crippen LogP contribution in [0.25, 0.3) is 11.1 Å². The number of alkyl halides is 3. The molecule has 2 aromatic carbocycles. The fourth-order valence-electron chi connectivity index (χ4n) is 7.01. The van der Waals surface area contributed by atoms with Crippen molar-refractivity contribution in [2.75, 3.05) is 26.2 Å². The van der Waals surface area contributed by atoms with E-state index in [1.54, 1.807) is 6.07 Å². The number of rotatable bonds is 9. The van der Waals surface area contributed by atoms with Crippen LogP contribution in [0.3, 0.4) is 0 Å². The number of hydrogen-bond donors (Lipinski definition) is 0. The zero-order valence-corrected chi connectivity index (χ0v) is 23.6. The summed E-state index contributed by atoms with van der Waals surface area (Å²) >= 11 is 0. The molecule has 0 N–H and O–H groups in total. The highest BCUT2D eigenvalue weighted by molar-refractivity contribution is 5.95. The van der Waals surface area contributed by atoms with E-state index in [4.69, 9.17) is 0 Å². The maximum Gasteiger partial charge on any atom is 0.395 e. The van der Waals surface area contributed by atoms with Crippen molar-refractivity contribution in [2.45, 2.75) is 89.8 Å². The highest BCUT2D eigenvalue weighted by Crippen LogP contribution is 2.53. The van der Waals surface area contributed by atoms with Crippen molar-refractivity contribution in [3.63, 3.8) is 0 Å². The molecule has 2 saturated heterocycles. The molecule has 1 amide bonds. The molecule has 0 spiro atoms. The maximum atomic E-state index is 15.0. The van der Waals surface area contributed by atoms with E-state index in [0.29, 0.717) is 18.9 Å². The predicted molar refractivity (Wildman–Crippen MR) is 151 cm³/mol. The topological polar surface area (TPSA) is 23.6 Å². The number of nitrogens with zero attached hydrogens (tertiary/aromatic N) is 2. The minimum absolute atomic E-state index is 0.148. The zero-order chi connectivity index (χ0) is 28.3. The normalized spacial score (nSPS) is 21.9. The second-order valence-corrected chi connectivity index (χ2v) is 12.3. The highest BCUT2D eigenvalue weighted by atomic mass is 19.4. The van der Waals surface area contributed by atoms with Crippen LogP contribution in [0.1, 0.15) is 87.1 Å². The van der Waals surface area contributed by atoms with Gasteiger partial charge in [-0.1, -0.05) is 50.1 Å². The number of likely N-dealkylation sites (tertiary alicyclic amines) is 2. The molecule has 3 nitrogen and oxygen atoms in total. The van der Waals surface area contributed by atoms with Crippen LogP contribution in [0.5, 0.6) is 0 Å². The number of carbonyl (C=O) groups excluding carboxylic acids is 1. The molecule has 3 fully saturated rings. The number of amides is 1. The molecule has 0 bridgehead atoms. The Kier molecular flexibility index (Phi) is 8.89. The van der Waals surface area contributed by atoms with Gasteiger partial charge in [0, 0.05) is 19.1 Å². The quantitative estimate of drug-likeness (QED) is 0.289. The lowest BCUT2D eigenvalue weighted by atomic mass is 9.67.